The minimum absolute atomic E-state index is 0.0255. The van der Waals surface area contributed by atoms with E-state index in [-0.39, 0.29) is 17.5 Å². The van der Waals surface area contributed by atoms with Crippen molar-refractivity contribution < 1.29 is 9.53 Å². The Kier molecular flexibility index (Phi) is 4.10. The van der Waals surface area contributed by atoms with Gasteiger partial charge in [-0.05, 0) is 43.9 Å². The third-order valence-corrected chi connectivity index (χ3v) is 3.83. The lowest BCUT2D eigenvalue weighted by Crippen LogP contribution is -2.50. The molecule has 0 radical (unpaired) electrons. The number of hydrogen-bond acceptors (Lipinski definition) is 3. The predicted molar refractivity (Wildman–Crippen MR) is 74.9 cm³/mol. The molecule has 0 aromatic heterocycles. The molecule has 104 valence electrons. The summed E-state index contributed by atoms with van der Waals surface area (Å²) in [5.74, 6) is 0.824. The van der Waals surface area contributed by atoms with Crippen LogP contribution in [-0.2, 0) is 4.79 Å². The summed E-state index contributed by atoms with van der Waals surface area (Å²) in [5, 5.41) is 3.00. The van der Waals surface area contributed by atoms with E-state index in [1.807, 2.05) is 31.2 Å². The van der Waals surface area contributed by atoms with Crippen LogP contribution in [0.2, 0.25) is 0 Å². The van der Waals surface area contributed by atoms with Gasteiger partial charge < -0.3 is 15.8 Å². The van der Waals surface area contributed by atoms with Crippen molar-refractivity contribution in [1.82, 2.24) is 5.32 Å². The molecule has 1 aromatic carbocycles. The molecule has 4 heteroatoms. The minimum atomic E-state index is -0.266. The first-order valence-electron chi connectivity index (χ1n) is 6.75. The third-order valence-electron chi connectivity index (χ3n) is 3.83. The highest BCUT2D eigenvalue weighted by Gasteiger charge is 2.34. The molecule has 1 atom stereocenters. The van der Waals surface area contributed by atoms with Crippen LogP contribution < -0.4 is 15.8 Å². The Balaban J connectivity index is 1.92. The lowest BCUT2D eigenvalue weighted by molar-refractivity contribution is -0.123. The highest BCUT2D eigenvalue weighted by atomic mass is 16.5. The number of nitrogens with two attached hydrogens (primary N) is 1. The van der Waals surface area contributed by atoms with Gasteiger partial charge in [-0.25, -0.2) is 0 Å². The molecule has 4 nitrogen and oxygen atoms in total. The molecule has 3 N–H and O–H groups in total. The second kappa shape index (κ2) is 5.61. The van der Waals surface area contributed by atoms with Gasteiger partial charge in [0.05, 0.1) is 13.2 Å². The number of rotatable bonds is 5. The zero-order valence-electron chi connectivity index (χ0n) is 11.6. The largest absolute Gasteiger partial charge is 0.497 e. The fourth-order valence-corrected chi connectivity index (χ4v) is 2.41. The van der Waals surface area contributed by atoms with Crippen molar-refractivity contribution in [2.24, 2.45) is 5.73 Å². The van der Waals surface area contributed by atoms with Crippen molar-refractivity contribution in [3.8, 4) is 5.75 Å². The molecule has 0 aliphatic heterocycles. The van der Waals surface area contributed by atoms with E-state index >= 15 is 0 Å². The van der Waals surface area contributed by atoms with E-state index in [1.54, 1.807) is 7.11 Å². The topological polar surface area (TPSA) is 64.3 Å². The number of ether oxygens (including phenoxy) is 1. The zero-order valence-corrected chi connectivity index (χ0v) is 11.6. The number of nitrogens with one attached hydrogen (secondary N) is 1. The fraction of sp³-hybridized carbons (Fsp3) is 0.533. The van der Waals surface area contributed by atoms with Gasteiger partial charge in [0.15, 0.2) is 0 Å². The molecule has 1 aliphatic carbocycles. The summed E-state index contributed by atoms with van der Waals surface area (Å²) in [6.45, 7) is 1.97. The Bertz CT molecular complexity index is 455. The van der Waals surface area contributed by atoms with Gasteiger partial charge in [-0.1, -0.05) is 12.1 Å². The van der Waals surface area contributed by atoms with E-state index in [1.165, 1.54) is 0 Å². The van der Waals surface area contributed by atoms with Gasteiger partial charge in [-0.2, -0.15) is 0 Å². The van der Waals surface area contributed by atoms with Gasteiger partial charge in [0.1, 0.15) is 5.75 Å². The standard InChI is InChI=1S/C15H22N2O2/c1-11(12-5-3-6-13(9-12)19-2)17-14(18)10-15(16)7-4-8-15/h3,5-6,9,11H,4,7-8,10,16H2,1-2H3,(H,17,18)/t11-/m1/s1. The average Bonchev–Trinajstić information content (AvgIpc) is 2.36. The van der Waals surface area contributed by atoms with E-state index in [9.17, 15) is 4.79 Å². The number of carbonyl (C=O) groups is 1. The van der Waals surface area contributed by atoms with Gasteiger partial charge in [-0.15, -0.1) is 0 Å². The van der Waals surface area contributed by atoms with Crippen LogP contribution in [0.5, 0.6) is 5.75 Å². The van der Waals surface area contributed by atoms with Crippen molar-refractivity contribution in [3.63, 3.8) is 0 Å². The summed E-state index contributed by atoms with van der Waals surface area (Å²) in [6.07, 6.45) is 3.46. The molecule has 2 rings (SSSR count). The average molecular weight is 262 g/mol. The van der Waals surface area contributed by atoms with Crippen LogP contribution in [0.1, 0.15) is 44.2 Å². The second-order valence-electron chi connectivity index (χ2n) is 5.46. The number of methoxy groups -OCH3 is 1. The molecular formula is C15H22N2O2. The molecular weight excluding hydrogens is 240 g/mol. The minimum Gasteiger partial charge on any atom is -0.497 e. The summed E-state index contributed by atoms with van der Waals surface area (Å²) in [6, 6.07) is 7.70. The lowest BCUT2D eigenvalue weighted by Gasteiger charge is -2.37. The number of carbonyl (C=O) groups excluding carboxylic acids is 1. The maximum absolute atomic E-state index is 12.0. The lowest BCUT2D eigenvalue weighted by atomic mass is 9.75. The Labute approximate surface area is 114 Å². The predicted octanol–water partition coefficient (Wildman–Crippen LogP) is 2.14. The first-order valence-corrected chi connectivity index (χ1v) is 6.75. The molecule has 0 heterocycles. The summed E-state index contributed by atoms with van der Waals surface area (Å²) < 4.78 is 5.18. The third kappa shape index (κ3) is 3.47. The molecule has 1 aliphatic rings. The maximum Gasteiger partial charge on any atom is 0.222 e. The molecule has 19 heavy (non-hydrogen) atoms. The van der Waals surface area contributed by atoms with Gasteiger partial charge in [0.25, 0.3) is 0 Å². The van der Waals surface area contributed by atoms with Crippen LogP contribution >= 0.6 is 0 Å². The van der Waals surface area contributed by atoms with Crippen LogP contribution in [0.4, 0.5) is 0 Å². The summed E-state index contributed by atoms with van der Waals surface area (Å²) in [7, 11) is 1.64. The Morgan fingerprint density at radius 2 is 2.26 bits per heavy atom. The normalized spacial score (nSPS) is 18.3. The van der Waals surface area contributed by atoms with Crippen LogP contribution in [0.3, 0.4) is 0 Å². The Morgan fingerprint density at radius 3 is 2.84 bits per heavy atom. The van der Waals surface area contributed by atoms with Crippen LogP contribution in [0.25, 0.3) is 0 Å². The first-order chi connectivity index (χ1) is 9.02. The zero-order chi connectivity index (χ0) is 13.9. The van der Waals surface area contributed by atoms with E-state index in [2.05, 4.69) is 5.32 Å². The van der Waals surface area contributed by atoms with Gasteiger partial charge in [0.2, 0.25) is 5.91 Å². The number of benzene rings is 1. The van der Waals surface area contributed by atoms with Crippen molar-refractivity contribution in [2.45, 2.75) is 44.2 Å². The van der Waals surface area contributed by atoms with Gasteiger partial charge in [-0.3, -0.25) is 4.79 Å². The summed E-state index contributed by atoms with van der Waals surface area (Å²) in [5.41, 5.74) is 6.85. The molecule has 0 unspecified atom stereocenters. The smallest absolute Gasteiger partial charge is 0.222 e. The fourth-order valence-electron chi connectivity index (χ4n) is 2.41. The van der Waals surface area contributed by atoms with E-state index < -0.39 is 0 Å². The van der Waals surface area contributed by atoms with Crippen LogP contribution in [0, 0.1) is 0 Å². The Morgan fingerprint density at radius 1 is 1.53 bits per heavy atom. The van der Waals surface area contributed by atoms with Crippen molar-refractivity contribution >= 4 is 5.91 Å². The van der Waals surface area contributed by atoms with Crippen LogP contribution in [0.15, 0.2) is 24.3 Å². The monoisotopic (exact) mass is 262 g/mol. The SMILES string of the molecule is COc1cccc([C@@H](C)NC(=O)CC2(N)CCC2)c1. The van der Waals surface area contributed by atoms with E-state index in [4.69, 9.17) is 10.5 Å². The highest BCUT2D eigenvalue weighted by molar-refractivity contribution is 5.77. The number of hydrogen-bond donors (Lipinski definition) is 2. The molecule has 1 saturated carbocycles. The van der Waals surface area contributed by atoms with Gasteiger partial charge >= 0.3 is 0 Å². The molecule has 0 bridgehead atoms. The molecule has 1 amide bonds. The quantitative estimate of drug-likeness (QED) is 0.854. The molecule has 0 saturated heterocycles. The van der Waals surface area contributed by atoms with Crippen molar-refractivity contribution in [3.05, 3.63) is 29.8 Å². The van der Waals surface area contributed by atoms with Crippen LogP contribution in [-0.4, -0.2) is 18.6 Å². The van der Waals surface area contributed by atoms with E-state index in [0.29, 0.717) is 6.42 Å². The molecule has 1 aromatic rings. The number of amides is 1. The summed E-state index contributed by atoms with van der Waals surface area (Å²) in [4.78, 5) is 12.0. The maximum atomic E-state index is 12.0. The second-order valence-corrected chi connectivity index (χ2v) is 5.46. The van der Waals surface area contributed by atoms with Crippen molar-refractivity contribution in [1.29, 1.82) is 0 Å². The molecule has 0 spiro atoms. The molecule has 1 fully saturated rings. The highest BCUT2D eigenvalue weighted by Crippen LogP contribution is 2.32. The summed E-state index contributed by atoms with van der Waals surface area (Å²) >= 11 is 0. The van der Waals surface area contributed by atoms with E-state index in [0.717, 1.165) is 30.6 Å². The van der Waals surface area contributed by atoms with Crippen molar-refractivity contribution in [2.75, 3.05) is 7.11 Å². The first kappa shape index (κ1) is 13.9. The van der Waals surface area contributed by atoms with Gasteiger partial charge in [0, 0.05) is 12.0 Å². The Hall–Kier alpha value is -1.55.